The Kier molecular flexibility index (Phi) is 5.82. The number of anilines is 2. The van der Waals surface area contributed by atoms with Crippen LogP contribution in [0.2, 0.25) is 0 Å². The predicted octanol–water partition coefficient (Wildman–Crippen LogP) is 4.57. The maximum Gasteiger partial charge on any atom is 0.276 e. The largest absolute Gasteiger partial charge is 0.324 e. The van der Waals surface area contributed by atoms with E-state index in [1.807, 2.05) is 64.1 Å². The van der Waals surface area contributed by atoms with Crippen LogP contribution < -0.4 is 10.6 Å². The molecule has 1 aromatic heterocycles. The standard InChI is InChI=1S/C23H26N4O2/c1-14-8-6-10-19(16(14)3)24-22(28)18(5)27-13-12-21(26-27)23(29)25-20-11-7-9-15(2)17(20)4/h6-13,18H,1-5H3,(H,24,28)(H,25,29)/t18-/m1/s1. The molecule has 2 amide bonds. The van der Waals surface area contributed by atoms with Gasteiger partial charge in [0, 0.05) is 17.6 Å². The Morgan fingerprint density at radius 1 is 0.862 bits per heavy atom. The van der Waals surface area contributed by atoms with E-state index in [0.717, 1.165) is 33.6 Å². The van der Waals surface area contributed by atoms with Crippen LogP contribution in [0.15, 0.2) is 48.7 Å². The third-order valence-corrected chi connectivity index (χ3v) is 5.33. The zero-order valence-electron chi connectivity index (χ0n) is 17.4. The molecule has 0 aliphatic carbocycles. The van der Waals surface area contributed by atoms with E-state index in [0.29, 0.717) is 0 Å². The van der Waals surface area contributed by atoms with Gasteiger partial charge >= 0.3 is 0 Å². The van der Waals surface area contributed by atoms with Crippen molar-refractivity contribution >= 4 is 23.2 Å². The number of aryl methyl sites for hydroxylation is 2. The monoisotopic (exact) mass is 390 g/mol. The number of carbonyl (C=O) groups is 2. The highest BCUT2D eigenvalue weighted by molar-refractivity contribution is 6.03. The average Bonchev–Trinajstić information content (AvgIpc) is 3.18. The number of nitrogens with one attached hydrogen (secondary N) is 2. The first-order chi connectivity index (χ1) is 13.8. The highest BCUT2D eigenvalue weighted by Gasteiger charge is 2.19. The highest BCUT2D eigenvalue weighted by atomic mass is 16.2. The Morgan fingerprint density at radius 3 is 2.00 bits per heavy atom. The van der Waals surface area contributed by atoms with Crippen molar-refractivity contribution in [1.29, 1.82) is 0 Å². The SMILES string of the molecule is Cc1cccc(NC(=O)c2ccn([C@H](C)C(=O)Nc3cccc(C)c3C)n2)c1C. The second-order valence-electron chi connectivity index (χ2n) is 7.30. The minimum atomic E-state index is -0.558. The van der Waals surface area contributed by atoms with Crippen molar-refractivity contribution in [1.82, 2.24) is 9.78 Å². The van der Waals surface area contributed by atoms with Gasteiger partial charge < -0.3 is 10.6 Å². The Labute approximate surface area is 170 Å². The molecule has 0 aliphatic rings. The lowest BCUT2D eigenvalue weighted by Crippen LogP contribution is -2.25. The summed E-state index contributed by atoms with van der Waals surface area (Å²) in [4.78, 5) is 25.2. The smallest absolute Gasteiger partial charge is 0.276 e. The van der Waals surface area contributed by atoms with Crippen molar-refractivity contribution in [2.45, 2.75) is 40.7 Å². The van der Waals surface area contributed by atoms with Crippen LogP contribution in [0.3, 0.4) is 0 Å². The first-order valence-corrected chi connectivity index (χ1v) is 9.57. The molecule has 1 heterocycles. The molecule has 150 valence electrons. The van der Waals surface area contributed by atoms with E-state index in [9.17, 15) is 9.59 Å². The van der Waals surface area contributed by atoms with Crippen LogP contribution >= 0.6 is 0 Å². The molecular weight excluding hydrogens is 364 g/mol. The number of nitrogens with zero attached hydrogens (tertiary/aromatic N) is 2. The molecule has 0 saturated carbocycles. The second kappa shape index (κ2) is 8.31. The van der Waals surface area contributed by atoms with Crippen LogP contribution in [0, 0.1) is 27.7 Å². The molecule has 1 atom stereocenters. The van der Waals surface area contributed by atoms with Gasteiger partial charge in [0.1, 0.15) is 6.04 Å². The van der Waals surface area contributed by atoms with Gasteiger partial charge in [0.25, 0.3) is 5.91 Å². The topological polar surface area (TPSA) is 76.0 Å². The fourth-order valence-electron chi connectivity index (χ4n) is 2.99. The Bertz CT molecular complexity index is 1070. The van der Waals surface area contributed by atoms with Crippen LogP contribution in [0.5, 0.6) is 0 Å². The lowest BCUT2D eigenvalue weighted by molar-refractivity contribution is -0.119. The zero-order chi connectivity index (χ0) is 21.1. The molecule has 3 aromatic rings. The number of hydrogen-bond donors (Lipinski definition) is 2. The molecule has 2 N–H and O–H groups in total. The van der Waals surface area contributed by atoms with Crippen LogP contribution in [0.25, 0.3) is 0 Å². The first kappa shape index (κ1) is 20.3. The van der Waals surface area contributed by atoms with Gasteiger partial charge in [-0.3, -0.25) is 14.3 Å². The summed E-state index contributed by atoms with van der Waals surface area (Å²) in [6, 6.07) is 12.6. The predicted molar refractivity (Wildman–Crippen MR) is 115 cm³/mol. The van der Waals surface area contributed by atoms with Crippen LogP contribution in [0.1, 0.15) is 45.7 Å². The van der Waals surface area contributed by atoms with Crippen LogP contribution in [0.4, 0.5) is 11.4 Å². The summed E-state index contributed by atoms with van der Waals surface area (Å²) in [6.07, 6.45) is 1.64. The quantitative estimate of drug-likeness (QED) is 0.670. The molecular formula is C23H26N4O2. The van der Waals surface area contributed by atoms with Crippen LogP contribution in [-0.2, 0) is 4.79 Å². The second-order valence-corrected chi connectivity index (χ2v) is 7.30. The van der Waals surface area contributed by atoms with E-state index in [-0.39, 0.29) is 17.5 Å². The van der Waals surface area contributed by atoms with Gasteiger partial charge in [-0.25, -0.2) is 0 Å². The number of aromatic nitrogens is 2. The minimum Gasteiger partial charge on any atom is -0.324 e. The van der Waals surface area contributed by atoms with E-state index in [1.54, 1.807) is 19.2 Å². The zero-order valence-corrected chi connectivity index (χ0v) is 17.4. The Hall–Kier alpha value is -3.41. The molecule has 0 spiro atoms. The summed E-state index contributed by atoms with van der Waals surface area (Å²) in [6.45, 7) is 9.68. The maximum absolute atomic E-state index is 12.7. The lowest BCUT2D eigenvalue weighted by atomic mass is 10.1. The fraction of sp³-hybridized carbons (Fsp3) is 0.261. The number of rotatable bonds is 5. The van der Waals surface area contributed by atoms with E-state index >= 15 is 0 Å². The Balaban J connectivity index is 1.71. The summed E-state index contributed by atoms with van der Waals surface area (Å²) in [5.74, 6) is -0.497. The number of amides is 2. The van der Waals surface area contributed by atoms with Gasteiger partial charge in [-0.15, -0.1) is 0 Å². The van der Waals surface area contributed by atoms with Crippen molar-refractivity contribution in [2.24, 2.45) is 0 Å². The molecule has 3 rings (SSSR count). The van der Waals surface area contributed by atoms with Gasteiger partial charge in [-0.2, -0.15) is 5.10 Å². The van der Waals surface area contributed by atoms with E-state index in [2.05, 4.69) is 15.7 Å². The summed E-state index contributed by atoms with van der Waals surface area (Å²) in [7, 11) is 0. The summed E-state index contributed by atoms with van der Waals surface area (Å²) >= 11 is 0. The summed E-state index contributed by atoms with van der Waals surface area (Å²) < 4.78 is 1.50. The fourth-order valence-corrected chi connectivity index (χ4v) is 2.99. The average molecular weight is 390 g/mol. The van der Waals surface area contributed by atoms with Gasteiger partial charge in [0.2, 0.25) is 5.91 Å². The summed E-state index contributed by atoms with van der Waals surface area (Å²) in [5.41, 5.74) is 6.05. The minimum absolute atomic E-state index is 0.191. The molecule has 0 saturated heterocycles. The third kappa shape index (κ3) is 4.37. The van der Waals surface area contributed by atoms with E-state index in [1.165, 1.54) is 4.68 Å². The highest BCUT2D eigenvalue weighted by Crippen LogP contribution is 2.21. The molecule has 29 heavy (non-hydrogen) atoms. The van der Waals surface area contributed by atoms with Crippen molar-refractivity contribution in [3.63, 3.8) is 0 Å². The number of hydrogen-bond acceptors (Lipinski definition) is 3. The lowest BCUT2D eigenvalue weighted by Gasteiger charge is -2.15. The van der Waals surface area contributed by atoms with Crippen LogP contribution in [-0.4, -0.2) is 21.6 Å². The molecule has 0 unspecified atom stereocenters. The normalized spacial score (nSPS) is 11.8. The van der Waals surface area contributed by atoms with Crippen molar-refractivity contribution < 1.29 is 9.59 Å². The van der Waals surface area contributed by atoms with Gasteiger partial charge in [0.15, 0.2) is 5.69 Å². The molecule has 0 bridgehead atoms. The van der Waals surface area contributed by atoms with Gasteiger partial charge in [0.05, 0.1) is 0 Å². The molecule has 2 aromatic carbocycles. The molecule has 6 nitrogen and oxygen atoms in total. The molecule has 0 radical (unpaired) electrons. The number of carbonyl (C=O) groups excluding carboxylic acids is 2. The van der Waals surface area contributed by atoms with E-state index in [4.69, 9.17) is 0 Å². The van der Waals surface area contributed by atoms with Gasteiger partial charge in [-0.1, -0.05) is 24.3 Å². The molecule has 6 heteroatoms. The first-order valence-electron chi connectivity index (χ1n) is 9.57. The molecule has 0 aliphatic heterocycles. The third-order valence-electron chi connectivity index (χ3n) is 5.33. The van der Waals surface area contributed by atoms with Crippen molar-refractivity contribution in [2.75, 3.05) is 10.6 Å². The van der Waals surface area contributed by atoms with Crippen molar-refractivity contribution in [3.8, 4) is 0 Å². The van der Waals surface area contributed by atoms with E-state index < -0.39 is 6.04 Å². The maximum atomic E-state index is 12.7. The number of benzene rings is 2. The van der Waals surface area contributed by atoms with Gasteiger partial charge in [-0.05, 0) is 75.1 Å². The Morgan fingerprint density at radius 2 is 1.41 bits per heavy atom. The van der Waals surface area contributed by atoms with Crippen molar-refractivity contribution in [3.05, 3.63) is 76.6 Å². The summed E-state index contributed by atoms with van der Waals surface area (Å²) in [5, 5.41) is 10.1. The molecule has 0 fully saturated rings.